The fraction of sp³-hybridized carbons (Fsp3) is 0.400. The van der Waals surface area contributed by atoms with E-state index in [9.17, 15) is 0 Å². The first-order valence-corrected chi connectivity index (χ1v) is 4.70. The molecule has 0 aromatic carbocycles. The van der Waals surface area contributed by atoms with Crippen molar-refractivity contribution in [2.24, 2.45) is 4.99 Å². The molecule has 0 amide bonds. The highest BCUT2D eigenvalue weighted by Gasteiger charge is 2.18. The van der Waals surface area contributed by atoms with Gasteiger partial charge in [-0.1, -0.05) is 20.8 Å². The summed E-state index contributed by atoms with van der Waals surface area (Å²) in [5.74, 6) is 0.468. The standard InChI is InChI=1S/C10H13N5/c1-10(2,3)7-5-8-12-6-13-9(11-4)15(8)14-7/h5-6H,4H2,1-3H3. The fourth-order valence-corrected chi connectivity index (χ4v) is 1.28. The lowest BCUT2D eigenvalue weighted by Crippen LogP contribution is -2.11. The van der Waals surface area contributed by atoms with Crippen molar-refractivity contribution in [3.8, 4) is 0 Å². The molecule has 2 heterocycles. The third kappa shape index (κ3) is 1.60. The van der Waals surface area contributed by atoms with E-state index in [4.69, 9.17) is 0 Å². The van der Waals surface area contributed by atoms with E-state index >= 15 is 0 Å². The van der Waals surface area contributed by atoms with Crippen LogP contribution in [0.5, 0.6) is 0 Å². The summed E-state index contributed by atoms with van der Waals surface area (Å²) in [5.41, 5.74) is 1.71. The molecule has 15 heavy (non-hydrogen) atoms. The van der Waals surface area contributed by atoms with Crippen LogP contribution in [0.1, 0.15) is 26.5 Å². The van der Waals surface area contributed by atoms with Crippen LogP contribution in [0.15, 0.2) is 17.4 Å². The maximum atomic E-state index is 4.41. The van der Waals surface area contributed by atoms with Crippen LogP contribution in [0.25, 0.3) is 5.65 Å². The third-order valence-corrected chi connectivity index (χ3v) is 2.15. The summed E-state index contributed by atoms with van der Waals surface area (Å²) in [6.07, 6.45) is 1.47. The number of rotatable bonds is 1. The summed E-state index contributed by atoms with van der Waals surface area (Å²) in [4.78, 5) is 11.9. The van der Waals surface area contributed by atoms with Gasteiger partial charge >= 0.3 is 0 Å². The van der Waals surface area contributed by atoms with Crippen molar-refractivity contribution < 1.29 is 0 Å². The number of fused-ring (bicyclic) bond motifs is 1. The molecule has 0 aliphatic carbocycles. The molecule has 0 aliphatic heterocycles. The minimum atomic E-state index is -0.00780. The number of nitrogens with zero attached hydrogens (tertiary/aromatic N) is 5. The predicted octanol–water partition coefficient (Wildman–Crippen LogP) is 1.75. The van der Waals surface area contributed by atoms with Gasteiger partial charge in [-0.2, -0.15) is 14.6 Å². The van der Waals surface area contributed by atoms with Crippen LogP contribution in [-0.4, -0.2) is 26.3 Å². The van der Waals surface area contributed by atoms with E-state index in [0.717, 1.165) is 11.3 Å². The van der Waals surface area contributed by atoms with Gasteiger partial charge in [0.15, 0.2) is 5.65 Å². The molecule has 0 atom stereocenters. The molecule has 0 unspecified atom stereocenters. The zero-order valence-corrected chi connectivity index (χ0v) is 9.10. The maximum Gasteiger partial charge on any atom is 0.253 e. The monoisotopic (exact) mass is 203 g/mol. The highest BCUT2D eigenvalue weighted by molar-refractivity contribution is 5.46. The molecule has 0 aliphatic rings. The predicted molar refractivity (Wildman–Crippen MR) is 58.7 cm³/mol. The van der Waals surface area contributed by atoms with Crippen molar-refractivity contribution in [2.75, 3.05) is 0 Å². The Kier molecular flexibility index (Phi) is 2.03. The van der Waals surface area contributed by atoms with Gasteiger partial charge in [-0.25, -0.2) is 9.98 Å². The van der Waals surface area contributed by atoms with Crippen LogP contribution in [-0.2, 0) is 5.41 Å². The molecule has 5 nitrogen and oxygen atoms in total. The minimum absolute atomic E-state index is 0.00780. The summed E-state index contributed by atoms with van der Waals surface area (Å²) in [6.45, 7) is 9.75. The van der Waals surface area contributed by atoms with Crippen molar-refractivity contribution in [1.82, 2.24) is 19.6 Å². The van der Waals surface area contributed by atoms with Gasteiger partial charge in [0.05, 0.1) is 5.69 Å². The first kappa shape index (κ1) is 9.76. The third-order valence-electron chi connectivity index (χ3n) is 2.15. The first-order valence-electron chi connectivity index (χ1n) is 4.70. The molecule has 0 saturated heterocycles. The molecule has 0 N–H and O–H groups in total. The summed E-state index contributed by atoms with van der Waals surface area (Å²) >= 11 is 0. The quantitative estimate of drug-likeness (QED) is 0.663. The van der Waals surface area contributed by atoms with Crippen molar-refractivity contribution >= 4 is 18.3 Å². The van der Waals surface area contributed by atoms with Gasteiger partial charge in [0.1, 0.15) is 6.33 Å². The Hall–Kier alpha value is -1.78. The van der Waals surface area contributed by atoms with Gasteiger partial charge in [-0.05, 0) is 6.72 Å². The van der Waals surface area contributed by atoms with Crippen molar-refractivity contribution in [3.05, 3.63) is 18.1 Å². The molecular formula is C10H13N5. The van der Waals surface area contributed by atoms with Crippen molar-refractivity contribution in [1.29, 1.82) is 0 Å². The lowest BCUT2D eigenvalue weighted by Gasteiger charge is -2.13. The Morgan fingerprint density at radius 3 is 2.67 bits per heavy atom. The van der Waals surface area contributed by atoms with Crippen LogP contribution in [0.2, 0.25) is 0 Å². The van der Waals surface area contributed by atoms with Gasteiger partial charge in [-0.3, -0.25) is 0 Å². The molecule has 2 aromatic rings. The Bertz CT molecular complexity index is 506. The number of hydrogen-bond donors (Lipinski definition) is 0. The average Bonchev–Trinajstić information content (AvgIpc) is 2.59. The molecule has 5 heteroatoms. The number of hydrogen-bond acceptors (Lipinski definition) is 4. The van der Waals surface area contributed by atoms with Gasteiger partial charge in [0, 0.05) is 11.5 Å². The van der Waals surface area contributed by atoms with Crippen LogP contribution in [0.3, 0.4) is 0 Å². The average molecular weight is 203 g/mol. The highest BCUT2D eigenvalue weighted by Crippen LogP contribution is 2.22. The smallest absolute Gasteiger partial charge is 0.228 e. The SMILES string of the molecule is C=Nc1ncnc2cc(C(C)(C)C)nn12. The van der Waals surface area contributed by atoms with E-state index in [0.29, 0.717) is 5.95 Å². The second-order valence-corrected chi connectivity index (χ2v) is 4.38. The van der Waals surface area contributed by atoms with Crippen LogP contribution in [0, 0.1) is 0 Å². The molecule has 0 fully saturated rings. The number of aromatic nitrogens is 4. The first-order chi connectivity index (χ1) is 7.02. The Labute approximate surface area is 87.9 Å². The summed E-state index contributed by atoms with van der Waals surface area (Å²) in [5, 5.41) is 4.41. The normalized spacial score (nSPS) is 11.9. The molecule has 0 bridgehead atoms. The van der Waals surface area contributed by atoms with Crippen LogP contribution in [0.4, 0.5) is 5.95 Å². The summed E-state index contributed by atoms with van der Waals surface area (Å²) < 4.78 is 1.60. The van der Waals surface area contributed by atoms with Gasteiger partial charge < -0.3 is 0 Å². The molecule has 0 spiro atoms. The molecule has 2 rings (SSSR count). The topological polar surface area (TPSA) is 55.4 Å². The van der Waals surface area contributed by atoms with Gasteiger partial charge in [-0.15, -0.1) is 0 Å². The minimum Gasteiger partial charge on any atom is -0.228 e. The van der Waals surface area contributed by atoms with Crippen molar-refractivity contribution in [3.63, 3.8) is 0 Å². The van der Waals surface area contributed by atoms with Crippen LogP contribution >= 0.6 is 0 Å². The zero-order chi connectivity index (χ0) is 11.1. The van der Waals surface area contributed by atoms with E-state index in [1.807, 2.05) is 6.07 Å². The van der Waals surface area contributed by atoms with E-state index in [1.54, 1.807) is 4.52 Å². The van der Waals surface area contributed by atoms with Crippen LogP contribution < -0.4 is 0 Å². The molecule has 2 aromatic heterocycles. The lowest BCUT2D eigenvalue weighted by molar-refractivity contribution is 0.562. The van der Waals surface area contributed by atoms with Gasteiger partial charge in [0.2, 0.25) is 0 Å². The molecule has 0 saturated carbocycles. The fourth-order valence-electron chi connectivity index (χ4n) is 1.28. The summed E-state index contributed by atoms with van der Waals surface area (Å²) in [7, 11) is 0. The van der Waals surface area contributed by atoms with E-state index in [2.05, 4.69) is 47.5 Å². The van der Waals surface area contributed by atoms with Gasteiger partial charge in [0.25, 0.3) is 5.95 Å². The van der Waals surface area contributed by atoms with Crippen molar-refractivity contribution in [2.45, 2.75) is 26.2 Å². The second-order valence-electron chi connectivity index (χ2n) is 4.38. The Morgan fingerprint density at radius 1 is 1.33 bits per heavy atom. The molecule has 0 radical (unpaired) electrons. The van der Waals surface area contributed by atoms with E-state index < -0.39 is 0 Å². The maximum absolute atomic E-state index is 4.41. The molecular weight excluding hydrogens is 190 g/mol. The largest absolute Gasteiger partial charge is 0.253 e. The zero-order valence-electron chi connectivity index (χ0n) is 9.10. The van der Waals surface area contributed by atoms with E-state index in [-0.39, 0.29) is 5.41 Å². The summed E-state index contributed by atoms with van der Waals surface area (Å²) in [6, 6.07) is 1.94. The number of aliphatic imine (C=N–C) groups is 1. The Balaban J connectivity index is 2.70. The lowest BCUT2D eigenvalue weighted by atomic mass is 9.93. The second kappa shape index (κ2) is 3.12. The Morgan fingerprint density at radius 2 is 2.07 bits per heavy atom. The van der Waals surface area contributed by atoms with E-state index in [1.165, 1.54) is 6.33 Å². The molecule has 78 valence electrons. The highest BCUT2D eigenvalue weighted by atomic mass is 15.3.